The molecule has 1 atom stereocenters. The van der Waals surface area contributed by atoms with Crippen LogP contribution in [0.1, 0.15) is 46.1 Å². The summed E-state index contributed by atoms with van der Waals surface area (Å²) in [7, 11) is -2.68. The van der Waals surface area contributed by atoms with Gasteiger partial charge in [-0.1, -0.05) is 52.0 Å². The zero-order chi connectivity index (χ0) is 15.2. The van der Waals surface area contributed by atoms with Crippen molar-refractivity contribution < 1.29 is 9.09 Å². The molecular formula is C17H25O2P. The van der Waals surface area contributed by atoms with E-state index in [1.165, 1.54) is 0 Å². The Labute approximate surface area is 123 Å². The van der Waals surface area contributed by atoms with Crippen LogP contribution < -0.4 is 5.30 Å². The van der Waals surface area contributed by atoms with Crippen LogP contribution in [0.25, 0.3) is 5.57 Å². The first-order chi connectivity index (χ1) is 9.68. The fourth-order valence-electron chi connectivity index (χ4n) is 2.27. The van der Waals surface area contributed by atoms with Crippen molar-refractivity contribution in [3.05, 3.63) is 47.7 Å². The lowest BCUT2D eigenvalue weighted by Crippen LogP contribution is -2.19. The molecule has 0 saturated carbocycles. The van der Waals surface area contributed by atoms with Crippen molar-refractivity contribution in [3.8, 4) is 0 Å². The van der Waals surface area contributed by atoms with E-state index >= 15 is 0 Å². The fourth-order valence-corrected chi connectivity index (χ4v) is 3.91. The van der Waals surface area contributed by atoms with Crippen LogP contribution in [0.4, 0.5) is 0 Å². The molecule has 0 spiro atoms. The minimum atomic E-state index is -2.68. The normalized spacial score (nSPS) is 22.2. The average molecular weight is 292 g/mol. The van der Waals surface area contributed by atoms with Crippen LogP contribution in [0, 0.1) is 0 Å². The van der Waals surface area contributed by atoms with Crippen molar-refractivity contribution in [2.45, 2.75) is 40.5 Å². The van der Waals surface area contributed by atoms with E-state index in [0.717, 1.165) is 35.0 Å². The third-order valence-corrected chi connectivity index (χ3v) is 4.82. The van der Waals surface area contributed by atoms with Crippen LogP contribution in [0.2, 0.25) is 0 Å². The molecule has 20 heavy (non-hydrogen) atoms. The number of fused-ring (bicyclic) bond motifs is 3. The molecule has 1 aliphatic heterocycles. The molecule has 110 valence electrons. The van der Waals surface area contributed by atoms with Gasteiger partial charge in [0.05, 0.1) is 5.30 Å². The molecule has 0 fully saturated rings. The molecule has 1 aromatic rings. The van der Waals surface area contributed by atoms with Crippen LogP contribution in [-0.4, -0.2) is 6.66 Å². The second kappa shape index (κ2) is 7.50. The summed E-state index contributed by atoms with van der Waals surface area (Å²) in [5.41, 5.74) is 2.18. The standard InChI is InChI=1S/C13H13O2P.2C2H6/c1-16(14)13-9-5-3-7-11(13)10-6-2-4-8-12(10)15-16;2*1-2/h3,5-9H,2,4H2,1H3;2*1-2H3. The number of hydrogen-bond acceptors (Lipinski definition) is 2. The maximum atomic E-state index is 12.4. The van der Waals surface area contributed by atoms with Crippen LogP contribution in [0.3, 0.4) is 0 Å². The monoisotopic (exact) mass is 292 g/mol. The van der Waals surface area contributed by atoms with E-state index in [-0.39, 0.29) is 0 Å². The van der Waals surface area contributed by atoms with Crippen LogP contribution in [0.5, 0.6) is 0 Å². The Kier molecular flexibility index (Phi) is 6.29. The number of allylic oxidation sites excluding steroid dienone is 3. The highest BCUT2D eigenvalue weighted by molar-refractivity contribution is 7.66. The molecule has 0 bridgehead atoms. The molecule has 0 amide bonds. The molecule has 0 aromatic heterocycles. The highest BCUT2D eigenvalue weighted by Crippen LogP contribution is 2.52. The predicted molar refractivity (Wildman–Crippen MR) is 88.7 cm³/mol. The Bertz CT molecular complexity index is 556. The van der Waals surface area contributed by atoms with Crippen LogP contribution in [-0.2, 0) is 9.09 Å². The zero-order valence-corrected chi connectivity index (χ0v) is 14.0. The maximum absolute atomic E-state index is 12.4. The average Bonchev–Trinajstić information content (AvgIpc) is 2.51. The first-order valence-electron chi connectivity index (χ1n) is 7.46. The van der Waals surface area contributed by atoms with E-state index in [2.05, 4.69) is 6.08 Å². The molecule has 0 radical (unpaired) electrons. The van der Waals surface area contributed by atoms with E-state index in [0.29, 0.717) is 0 Å². The lowest BCUT2D eigenvalue weighted by atomic mass is 9.98. The summed E-state index contributed by atoms with van der Waals surface area (Å²) in [5.74, 6) is 0.802. The Balaban J connectivity index is 0.000000461. The molecular weight excluding hydrogens is 267 g/mol. The second-order valence-corrected chi connectivity index (χ2v) is 6.57. The van der Waals surface area contributed by atoms with E-state index in [1.54, 1.807) is 6.66 Å². The Morgan fingerprint density at radius 1 is 1.00 bits per heavy atom. The van der Waals surface area contributed by atoms with Gasteiger partial charge in [-0.2, -0.15) is 0 Å². The largest absolute Gasteiger partial charge is 0.440 e. The predicted octanol–water partition coefficient (Wildman–Crippen LogP) is 5.36. The Morgan fingerprint density at radius 2 is 1.60 bits per heavy atom. The summed E-state index contributed by atoms with van der Waals surface area (Å²) in [6, 6.07) is 7.83. The molecule has 1 aromatic carbocycles. The van der Waals surface area contributed by atoms with Gasteiger partial charge < -0.3 is 4.52 Å². The van der Waals surface area contributed by atoms with Crippen molar-refractivity contribution in [1.82, 2.24) is 0 Å². The quantitative estimate of drug-likeness (QED) is 0.601. The lowest BCUT2D eigenvalue weighted by molar-refractivity contribution is 0.428. The topological polar surface area (TPSA) is 26.3 Å². The first kappa shape index (κ1) is 16.8. The molecule has 0 N–H and O–H groups in total. The molecule has 1 heterocycles. The molecule has 1 aliphatic carbocycles. The summed E-state index contributed by atoms with van der Waals surface area (Å²) >= 11 is 0. The van der Waals surface area contributed by atoms with Gasteiger partial charge in [0.1, 0.15) is 5.76 Å². The molecule has 1 unspecified atom stereocenters. The SMILES string of the molecule is CC.CC.CP1(=O)OC2=CCCC=C2c2ccccc21. The van der Waals surface area contributed by atoms with E-state index in [1.807, 2.05) is 58.0 Å². The fraction of sp³-hybridized carbons (Fsp3) is 0.412. The zero-order valence-electron chi connectivity index (χ0n) is 13.1. The van der Waals surface area contributed by atoms with Gasteiger partial charge >= 0.3 is 0 Å². The van der Waals surface area contributed by atoms with E-state index in [9.17, 15) is 4.57 Å². The van der Waals surface area contributed by atoms with Crippen molar-refractivity contribution in [1.29, 1.82) is 0 Å². The van der Waals surface area contributed by atoms with Crippen molar-refractivity contribution in [3.63, 3.8) is 0 Å². The van der Waals surface area contributed by atoms with Gasteiger partial charge in [0.2, 0.25) is 0 Å². The third kappa shape index (κ3) is 3.24. The minimum Gasteiger partial charge on any atom is -0.440 e. The molecule has 3 rings (SSSR count). The van der Waals surface area contributed by atoms with Gasteiger partial charge in [0.25, 0.3) is 7.37 Å². The van der Waals surface area contributed by atoms with Crippen molar-refractivity contribution in [2.75, 3.05) is 6.66 Å². The number of benzene rings is 1. The lowest BCUT2D eigenvalue weighted by Gasteiger charge is -2.29. The van der Waals surface area contributed by atoms with Gasteiger partial charge in [0, 0.05) is 12.2 Å². The first-order valence-corrected chi connectivity index (χ1v) is 9.53. The van der Waals surface area contributed by atoms with Crippen molar-refractivity contribution in [2.24, 2.45) is 0 Å². The summed E-state index contributed by atoms with van der Waals surface area (Å²) in [6.45, 7) is 9.69. The van der Waals surface area contributed by atoms with E-state index in [4.69, 9.17) is 4.52 Å². The molecule has 2 aliphatic rings. The highest BCUT2D eigenvalue weighted by atomic mass is 31.2. The number of rotatable bonds is 0. The van der Waals surface area contributed by atoms with Gasteiger partial charge in [-0.25, -0.2) is 0 Å². The van der Waals surface area contributed by atoms with Crippen molar-refractivity contribution >= 4 is 18.2 Å². The maximum Gasteiger partial charge on any atom is 0.274 e. The summed E-state index contributed by atoms with van der Waals surface area (Å²) < 4.78 is 18.1. The molecule has 3 heteroatoms. The summed E-state index contributed by atoms with van der Waals surface area (Å²) in [5, 5.41) is 0.848. The minimum absolute atomic E-state index is 0.802. The van der Waals surface area contributed by atoms with Gasteiger partial charge in [-0.05, 0) is 30.5 Å². The van der Waals surface area contributed by atoms with Gasteiger partial charge in [-0.3, -0.25) is 4.57 Å². The highest BCUT2D eigenvalue weighted by Gasteiger charge is 2.33. The Hall–Kier alpha value is -1.27. The smallest absolute Gasteiger partial charge is 0.274 e. The van der Waals surface area contributed by atoms with Gasteiger partial charge in [-0.15, -0.1) is 0 Å². The Morgan fingerprint density at radius 3 is 2.30 bits per heavy atom. The third-order valence-electron chi connectivity index (χ3n) is 3.01. The summed E-state index contributed by atoms with van der Waals surface area (Å²) in [4.78, 5) is 0. The summed E-state index contributed by atoms with van der Waals surface area (Å²) in [6.07, 6.45) is 6.22. The second-order valence-electron chi connectivity index (χ2n) is 4.22. The van der Waals surface area contributed by atoms with E-state index < -0.39 is 7.37 Å². The van der Waals surface area contributed by atoms with Crippen LogP contribution >= 0.6 is 7.37 Å². The van der Waals surface area contributed by atoms with Gasteiger partial charge in [0.15, 0.2) is 0 Å². The number of hydrogen-bond donors (Lipinski definition) is 0. The molecule has 2 nitrogen and oxygen atoms in total. The van der Waals surface area contributed by atoms with Crippen LogP contribution in [0.15, 0.2) is 42.2 Å². The molecule has 0 saturated heterocycles.